The van der Waals surface area contributed by atoms with Gasteiger partial charge in [0.15, 0.2) is 0 Å². The van der Waals surface area contributed by atoms with Crippen LogP contribution < -0.4 is 0 Å². The summed E-state index contributed by atoms with van der Waals surface area (Å²) in [7, 11) is 0. The van der Waals surface area contributed by atoms with E-state index >= 15 is 0 Å². The largest absolute Gasteiger partial charge is 0.341 e. The van der Waals surface area contributed by atoms with Crippen LogP contribution >= 0.6 is 11.6 Å². The van der Waals surface area contributed by atoms with E-state index < -0.39 is 0 Å². The molecule has 2 rings (SSSR count). The molecule has 0 aromatic heterocycles. The highest BCUT2D eigenvalue weighted by atomic mass is 35.5. The molecule has 1 aliphatic heterocycles. The number of nitrogens with zero attached hydrogens (tertiary/aromatic N) is 2. The van der Waals surface area contributed by atoms with Crippen LogP contribution in [0.25, 0.3) is 0 Å². The lowest BCUT2D eigenvalue weighted by atomic mass is 10.2. The molecule has 1 fully saturated rings. The predicted octanol–water partition coefficient (Wildman–Crippen LogP) is 2.38. The van der Waals surface area contributed by atoms with Crippen LogP contribution in [0.4, 0.5) is 0 Å². The number of hydrogen-bond donors (Lipinski definition) is 0. The minimum atomic E-state index is -0.0419. The van der Waals surface area contributed by atoms with E-state index in [1.807, 2.05) is 0 Å². The molecule has 0 spiro atoms. The zero-order chi connectivity index (χ0) is 16.8. The molecule has 0 saturated carbocycles. The second-order valence-corrected chi connectivity index (χ2v) is 6.17. The van der Waals surface area contributed by atoms with Crippen LogP contribution in [0.1, 0.15) is 36.5 Å². The summed E-state index contributed by atoms with van der Waals surface area (Å²) >= 11 is 5.84. The lowest BCUT2D eigenvalue weighted by Crippen LogP contribution is -2.37. The molecule has 1 aromatic carbocycles. The van der Waals surface area contributed by atoms with Gasteiger partial charge in [-0.25, -0.2) is 0 Å². The van der Waals surface area contributed by atoms with Crippen molar-refractivity contribution in [3.8, 4) is 0 Å². The fourth-order valence-corrected chi connectivity index (χ4v) is 2.71. The van der Waals surface area contributed by atoms with Crippen LogP contribution in [0, 0.1) is 0 Å². The number of carbonyl (C=O) groups excluding carboxylic acids is 3. The van der Waals surface area contributed by atoms with Gasteiger partial charge in [-0.05, 0) is 37.6 Å². The number of amides is 2. The van der Waals surface area contributed by atoms with E-state index in [0.717, 1.165) is 6.42 Å². The fraction of sp³-hybridized carbons (Fsp3) is 0.471. The van der Waals surface area contributed by atoms with Crippen molar-refractivity contribution in [1.29, 1.82) is 0 Å². The SMILES string of the molecule is CC(=O)CCC(=O)N1CCCN(C(=O)c2ccc(Cl)cc2)CC1. The molecule has 0 aliphatic carbocycles. The monoisotopic (exact) mass is 336 g/mol. The van der Waals surface area contributed by atoms with Gasteiger partial charge >= 0.3 is 0 Å². The molecule has 124 valence electrons. The first-order chi connectivity index (χ1) is 11.0. The number of rotatable bonds is 4. The minimum absolute atomic E-state index is 0.0130. The number of carbonyl (C=O) groups is 3. The van der Waals surface area contributed by atoms with Crippen molar-refractivity contribution in [2.24, 2.45) is 0 Å². The molecule has 1 aliphatic rings. The van der Waals surface area contributed by atoms with Gasteiger partial charge in [0, 0.05) is 49.6 Å². The van der Waals surface area contributed by atoms with E-state index in [-0.39, 0.29) is 30.4 Å². The second kappa shape index (κ2) is 8.11. The quantitative estimate of drug-likeness (QED) is 0.848. The highest BCUT2D eigenvalue weighted by Crippen LogP contribution is 2.14. The number of ketones is 1. The van der Waals surface area contributed by atoms with Crippen molar-refractivity contribution < 1.29 is 14.4 Å². The molecule has 1 aromatic rings. The lowest BCUT2D eigenvalue weighted by Gasteiger charge is -2.22. The standard InChI is InChI=1S/C17H21ClN2O3/c1-13(21)3-8-16(22)19-9-2-10-20(12-11-19)17(23)14-4-6-15(18)7-5-14/h4-7H,2-3,8-12H2,1H3. The molecule has 0 atom stereocenters. The van der Waals surface area contributed by atoms with Gasteiger partial charge in [0.1, 0.15) is 5.78 Å². The zero-order valence-corrected chi connectivity index (χ0v) is 14.0. The molecule has 0 unspecified atom stereocenters. The van der Waals surface area contributed by atoms with Crippen LogP contribution in [0.5, 0.6) is 0 Å². The van der Waals surface area contributed by atoms with Crippen LogP contribution in [-0.2, 0) is 9.59 Å². The Morgan fingerprint density at radius 3 is 2.22 bits per heavy atom. The highest BCUT2D eigenvalue weighted by Gasteiger charge is 2.22. The topological polar surface area (TPSA) is 57.7 Å². The van der Waals surface area contributed by atoms with Crippen molar-refractivity contribution >= 4 is 29.2 Å². The number of Topliss-reactive ketones (excluding diaryl/α,β-unsaturated/α-hetero) is 1. The molecule has 5 nitrogen and oxygen atoms in total. The van der Waals surface area contributed by atoms with Gasteiger partial charge in [-0.15, -0.1) is 0 Å². The summed E-state index contributed by atoms with van der Waals surface area (Å²) in [4.78, 5) is 39.1. The molecule has 0 radical (unpaired) electrons. The fourth-order valence-electron chi connectivity index (χ4n) is 2.59. The first-order valence-electron chi connectivity index (χ1n) is 7.79. The maximum absolute atomic E-state index is 12.5. The molecular formula is C17H21ClN2O3. The Morgan fingerprint density at radius 2 is 1.57 bits per heavy atom. The average Bonchev–Trinajstić information content (AvgIpc) is 2.78. The van der Waals surface area contributed by atoms with Gasteiger partial charge < -0.3 is 14.6 Å². The molecule has 2 amide bonds. The molecule has 0 N–H and O–H groups in total. The van der Waals surface area contributed by atoms with Crippen molar-refractivity contribution in [3.05, 3.63) is 34.9 Å². The predicted molar refractivity (Wildman–Crippen MR) is 88.5 cm³/mol. The van der Waals surface area contributed by atoms with Crippen LogP contribution in [0.15, 0.2) is 24.3 Å². The van der Waals surface area contributed by atoms with Gasteiger partial charge in [0.2, 0.25) is 5.91 Å². The molecule has 1 saturated heterocycles. The van der Waals surface area contributed by atoms with E-state index in [1.165, 1.54) is 6.92 Å². The number of hydrogen-bond acceptors (Lipinski definition) is 3. The number of halogens is 1. The van der Waals surface area contributed by atoms with Crippen molar-refractivity contribution in [2.75, 3.05) is 26.2 Å². The third kappa shape index (κ3) is 5.06. The molecular weight excluding hydrogens is 316 g/mol. The van der Waals surface area contributed by atoms with E-state index in [4.69, 9.17) is 11.6 Å². The van der Waals surface area contributed by atoms with Gasteiger partial charge in [-0.2, -0.15) is 0 Å². The molecule has 1 heterocycles. The average molecular weight is 337 g/mol. The maximum Gasteiger partial charge on any atom is 0.253 e. The second-order valence-electron chi connectivity index (χ2n) is 5.74. The van der Waals surface area contributed by atoms with Crippen LogP contribution in [0.2, 0.25) is 5.02 Å². The Bertz CT molecular complexity index is 586. The number of benzene rings is 1. The summed E-state index contributed by atoms with van der Waals surface area (Å²) in [6, 6.07) is 6.82. The Balaban J connectivity index is 1.92. The van der Waals surface area contributed by atoms with E-state index in [1.54, 1.807) is 34.1 Å². The first kappa shape index (κ1) is 17.5. The third-order valence-corrected chi connectivity index (χ3v) is 4.17. The molecule has 0 bridgehead atoms. The van der Waals surface area contributed by atoms with Crippen LogP contribution in [-0.4, -0.2) is 53.6 Å². The van der Waals surface area contributed by atoms with Gasteiger partial charge in [0.25, 0.3) is 5.91 Å². The summed E-state index contributed by atoms with van der Waals surface area (Å²) in [5.74, 6) is -0.0339. The van der Waals surface area contributed by atoms with Crippen molar-refractivity contribution in [2.45, 2.75) is 26.2 Å². The van der Waals surface area contributed by atoms with Crippen molar-refractivity contribution in [3.63, 3.8) is 0 Å². The Labute approximate surface area is 141 Å². The Kier molecular flexibility index (Phi) is 6.16. The maximum atomic E-state index is 12.5. The summed E-state index contributed by atoms with van der Waals surface area (Å²) in [6.45, 7) is 3.75. The van der Waals surface area contributed by atoms with Gasteiger partial charge in [-0.3, -0.25) is 9.59 Å². The first-order valence-corrected chi connectivity index (χ1v) is 8.17. The summed E-state index contributed by atoms with van der Waals surface area (Å²) in [5.41, 5.74) is 0.603. The van der Waals surface area contributed by atoms with Gasteiger partial charge in [-0.1, -0.05) is 11.6 Å². The summed E-state index contributed by atoms with van der Waals surface area (Å²) in [5, 5.41) is 0.597. The van der Waals surface area contributed by atoms with E-state index in [0.29, 0.717) is 36.8 Å². The smallest absolute Gasteiger partial charge is 0.253 e. The Hall–Kier alpha value is -1.88. The van der Waals surface area contributed by atoms with Crippen molar-refractivity contribution in [1.82, 2.24) is 9.80 Å². The van der Waals surface area contributed by atoms with E-state index in [2.05, 4.69) is 0 Å². The third-order valence-electron chi connectivity index (χ3n) is 3.92. The summed E-state index contributed by atoms with van der Waals surface area (Å²) in [6.07, 6.45) is 1.27. The minimum Gasteiger partial charge on any atom is -0.341 e. The normalized spacial score (nSPS) is 15.2. The van der Waals surface area contributed by atoms with E-state index in [9.17, 15) is 14.4 Å². The highest BCUT2D eigenvalue weighted by molar-refractivity contribution is 6.30. The summed E-state index contributed by atoms with van der Waals surface area (Å²) < 4.78 is 0. The van der Waals surface area contributed by atoms with Crippen LogP contribution in [0.3, 0.4) is 0 Å². The lowest BCUT2D eigenvalue weighted by molar-refractivity contribution is -0.132. The van der Waals surface area contributed by atoms with Gasteiger partial charge in [0.05, 0.1) is 0 Å². The Morgan fingerprint density at radius 1 is 0.957 bits per heavy atom. The zero-order valence-electron chi connectivity index (χ0n) is 13.3. The molecule has 23 heavy (non-hydrogen) atoms. The molecule has 6 heteroatoms.